The molecule has 0 unspecified atom stereocenters. The molecule has 0 saturated carbocycles. The minimum Gasteiger partial charge on any atom is -0.668 e. The average Bonchev–Trinajstić information content (AvgIpc) is 2.08. The molecule has 0 bridgehead atoms. The van der Waals surface area contributed by atoms with E-state index in [9.17, 15) is 4.79 Å². The van der Waals surface area contributed by atoms with Gasteiger partial charge in [0.15, 0.2) is 0 Å². The fraction of sp³-hybridized carbons (Fsp3) is 0.571. The first-order chi connectivity index (χ1) is 5.59. The van der Waals surface area contributed by atoms with Gasteiger partial charge in [-0.3, -0.25) is 0 Å². The van der Waals surface area contributed by atoms with E-state index >= 15 is 0 Å². The molecule has 0 aromatic carbocycles. The zero-order chi connectivity index (χ0) is 10.6. The molecule has 0 rings (SSSR count). The first kappa shape index (κ1) is 24.1. The van der Waals surface area contributed by atoms with Crippen LogP contribution in [0.2, 0.25) is 0 Å². The molecule has 6 heteroatoms. The van der Waals surface area contributed by atoms with Gasteiger partial charge in [0, 0.05) is 75.5 Å². The van der Waals surface area contributed by atoms with E-state index in [4.69, 9.17) is 5.11 Å². The molecule has 0 aliphatic carbocycles. The summed E-state index contributed by atoms with van der Waals surface area (Å²) in [5.41, 5.74) is 0.389. The number of carboxylic acids is 1. The summed E-state index contributed by atoms with van der Waals surface area (Å²) in [6, 6.07) is 0. The number of nitrogens with zero attached hydrogens (tertiary/aromatic N) is 1. The van der Waals surface area contributed by atoms with Crippen molar-refractivity contribution in [3.8, 4) is 0 Å². The zero-order valence-corrected chi connectivity index (χ0v) is 15.4. The Morgan fingerprint density at radius 2 is 1.62 bits per heavy atom. The van der Waals surface area contributed by atoms with Crippen LogP contribution >= 0.6 is 37.2 Å². The summed E-state index contributed by atoms with van der Waals surface area (Å²) in [6.07, 6.45) is 1.56. The maximum atomic E-state index is 9.86. The Hall–Kier alpha value is 1.73. The summed E-state index contributed by atoms with van der Waals surface area (Å²) < 4.78 is 0. The van der Waals surface area contributed by atoms with Crippen molar-refractivity contribution >= 4 is 43.2 Å². The van der Waals surface area contributed by atoms with Crippen LogP contribution in [0.5, 0.6) is 0 Å². The number of hydrogen-bond acceptors (Lipinski definition) is 1. The number of rotatable bonds is 1. The van der Waals surface area contributed by atoms with E-state index < -0.39 is 5.97 Å². The molecule has 0 atom stereocenters. The molecular weight excluding hydrogens is 473 g/mol. The van der Waals surface area contributed by atoms with Crippen molar-refractivity contribution < 1.29 is 42.6 Å². The quantitative estimate of drug-likeness (QED) is 0.456. The van der Waals surface area contributed by atoms with E-state index in [0.717, 1.165) is 0 Å². The standard InChI is InChI=1S/C5H8O2.C2H6N.I2.Y/c1-3-4(2)5(6)7;1-3-2;1-2;/h3H,1-2H3,(H,6,7);1-2H3;;/q;-1;;/b4-3-;;;. The fourth-order valence-corrected chi connectivity index (χ4v) is 0.123. The number of carbonyl (C=O) groups is 1. The predicted molar refractivity (Wildman–Crippen MR) is 70.3 cm³/mol. The molecule has 0 spiro atoms. The van der Waals surface area contributed by atoms with Gasteiger partial charge >= 0.3 is 5.97 Å². The van der Waals surface area contributed by atoms with E-state index in [1.807, 2.05) is 0 Å². The second-order valence-corrected chi connectivity index (χ2v) is 1.72. The van der Waals surface area contributed by atoms with Gasteiger partial charge in [-0.15, -0.1) is 0 Å². The van der Waals surface area contributed by atoms with E-state index in [1.54, 1.807) is 34.0 Å². The van der Waals surface area contributed by atoms with Crippen LogP contribution in [0.1, 0.15) is 13.8 Å². The SMILES string of the molecule is C/C=C(/C)C(=O)O.C[N-]C.II.[Y]. The van der Waals surface area contributed by atoms with Crippen LogP contribution in [0, 0.1) is 0 Å². The number of halogens is 2. The average molecular weight is 487 g/mol. The van der Waals surface area contributed by atoms with Gasteiger partial charge in [0.25, 0.3) is 0 Å². The topological polar surface area (TPSA) is 51.4 Å². The van der Waals surface area contributed by atoms with E-state index in [2.05, 4.69) is 42.5 Å². The van der Waals surface area contributed by atoms with Crippen molar-refractivity contribution in [2.24, 2.45) is 0 Å². The summed E-state index contributed by atoms with van der Waals surface area (Å²) >= 11 is 4.24. The van der Waals surface area contributed by atoms with Crippen LogP contribution in [0.4, 0.5) is 0 Å². The van der Waals surface area contributed by atoms with Gasteiger partial charge in [0.1, 0.15) is 0 Å². The summed E-state index contributed by atoms with van der Waals surface area (Å²) in [4.78, 5) is 9.86. The second-order valence-electron chi connectivity index (χ2n) is 1.72. The smallest absolute Gasteiger partial charge is 0.330 e. The Balaban J connectivity index is -0.0000000581. The van der Waals surface area contributed by atoms with Crippen molar-refractivity contribution in [1.29, 1.82) is 0 Å². The maximum Gasteiger partial charge on any atom is 0.330 e. The van der Waals surface area contributed by atoms with Crippen LogP contribution in [-0.2, 0) is 37.5 Å². The molecule has 0 aromatic heterocycles. The Morgan fingerprint density at radius 3 is 1.62 bits per heavy atom. The van der Waals surface area contributed by atoms with Gasteiger partial charge in [-0.05, 0) is 13.8 Å². The Morgan fingerprint density at radius 1 is 1.38 bits per heavy atom. The normalized spacial score (nSPS) is 8.00. The van der Waals surface area contributed by atoms with Crippen molar-refractivity contribution in [1.82, 2.24) is 0 Å². The molecule has 0 saturated heterocycles. The third-order valence-electron chi connectivity index (χ3n) is 0.770. The van der Waals surface area contributed by atoms with Gasteiger partial charge in [-0.1, -0.05) is 6.08 Å². The van der Waals surface area contributed by atoms with Crippen LogP contribution in [0.3, 0.4) is 0 Å². The number of hydrogen-bond donors (Lipinski definition) is 1. The maximum absolute atomic E-state index is 9.86. The molecule has 77 valence electrons. The molecule has 0 heterocycles. The molecule has 13 heavy (non-hydrogen) atoms. The third kappa shape index (κ3) is 31.6. The summed E-state index contributed by atoms with van der Waals surface area (Å²) in [5, 5.41) is 11.6. The van der Waals surface area contributed by atoms with Gasteiger partial charge < -0.3 is 10.4 Å². The molecular formula is C7H14I2NO2Y-. The Bertz CT molecular complexity index is 132. The number of carboxylic acid groups (broad SMARTS) is 1. The molecule has 3 nitrogen and oxygen atoms in total. The van der Waals surface area contributed by atoms with Gasteiger partial charge in [0.05, 0.1) is 0 Å². The van der Waals surface area contributed by atoms with Crippen LogP contribution in [-0.4, -0.2) is 25.2 Å². The minimum atomic E-state index is -0.845. The van der Waals surface area contributed by atoms with Crippen molar-refractivity contribution in [2.75, 3.05) is 14.1 Å². The number of allylic oxidation sites excluding steroid dienone is 1. The largest absolute Gasteiger partial charge is 0.668 e. The van der Waals surface area contributed by atoms with Crippen molar-refractivity contribution in [3.63, 3.8) is 0 Å². The van der Waals surface area contributed by atoms with Crippen LogP contribution in [0.25, 0.3) is 5.32 Å². The molecule has 0 aromatic rings. The monoisotopic (exact) mass is 487 g/mol. The van der Waals surface area contributed by atoms with Crippen LogP contribution in [0.15, 0.2) is 11.6 Å². The predicted octanol–water partition coefficient (Wildman–Crippen LogP) is 3.43. The van der Waals surface area contributed by atoms with Crippen molar-refractivity contribution in [3.05, 3.63) is 17.0 Å². The van der Waals surface area contributed by atoms with Crippen molar-refractivity contribution in [2.45, 2.75) is 13.8 Å². The molecule has 1 radical (unpaired) electrons. The minimum absolute atomic E-state index is 0. The molecule has 1 N–H and O–H groups in total. The first-order valence-electron chi connectivity index (χ1n) is 3.08. The number of aliphatic carboxylic acids is 1. The summed E-state index contributed by atoms with van der Waals surface area (Å²) in [6.45, 7) is 3.26. The first-order valence-corrected chi connectivity index (χ1v) is 9.37. The molecule has 0 fully saturated rings. The van der Waals surface area contributed by atoms with E-state index in [0.29, 0.717) is 5.57 Å². The van der Waals surface area contributed by atoms with E-state index in [1.165, 1.54) is 0 Å². The van der Waals surface area contributed by atoms with Gasteiger partial charge in [-0.25, -0.2) is 4.79 Å². The van der Waals surface area contributed by atoms with Gasteiger partial charge in [-0.2, -0.15) is 14.1 Å². The Kier molecular flexibility index (Phi) is 43.6. The third-order valence-corrected chi connectivity index (χ3v) is 0.770. The van der Waals surface area contributed by atoms with Crippen LogP contribution < -0.4 is 0 Å². The Labute approximate surface area is 129 Å². The zero-order valence-electron chi connectivity index (χ0n) is 8.21. The molecule has 0 amide bonds. The molecule has 0 aliphatic heterocycles. The second kappa shape index (κ2) is 23.5. The summed E-state index contributed by atoms with van der Waals surface area (Å²) in [7, 11) is 3.50. The molecule has 0 aliphatic rings. The van der Waals surface area contributed by atoms with E-state index in [-0.39, 0.29) is 32.7 Å². The summed E-state index contributed by atoms with van der Waals surface area (Å²) in [5.74, 6) is -0.845. The van der Waals surface area contributed by atoms with Gasteiger partial charge in [0.2, 0.25) is 0 Å². The fourth-order valence-electron chi connectivity index (χ4n) is 0.123.